The van der Waals surface area contributed by atoms with Crippen LogP contribution < -0.4 is 10.9 Å². The van der Waals surface area contributed by atoms with E-state index < -0.39 is 0 Å². The highest BCUT2D eigenvalue weighted by atomic mass is 79.9. The molecular formula is C13H21BrN2O. The molecule has 0 fully saturated rings. The van der Waals surface area contributed by atoms with Crippen molar-refractivity contribution < 1.29 is 0 Å². The average molecular weight is 301 g/mol. The molecule has 3 nitrogen and oxygen atoms in total. The standard InChI is InChI=1S/C13H21BrN2O/c1-11(2)10-15-7-3-4-8-16-9-5-6-12(14)13(16)17/h5-6,9,11,15H,3-4,7-8,10H2,1-2H3. The Labute approximate surface area is 111 Å². The van der Waals surface area contributed by atoms with Crippen molar-refractivity contribution >= 4 is 15.9 Å². The van der Waals surface area contributed by atoms with Crippen LogP contribution in [0, 0.1) is 5.92 Å². The normalized spacial score (nSPS) is 11.1. The number of rotatable bonds is 7. The number of halogens is 1. The Hall–Kier alpha value is -0.610. The molecule has 0 aromatic carbocycles. The number of nitrogens with zero attached hydrogens (tertiary/aromatic N) is 1. The van der Waals surface area contributed by atoms with Crippen LogP contribution in [0.3, 0.4) is 0 Å². The highest BCUT2D eigenvalue weighted by Gasteiger charge is 1.99. The number of pyridine rings is 1. The van der Waals surface area contributed by atoms with Gasteiger partial charge in [0.25, 0.3) is 5.56 Å². The van der Waals surface area contributed by atoms with E-state index in [9.17, 15) is 4.79 Å². The Morgan fingerprint density at radius 3 is 2.88 bits per heavy atom. The summed E-state index contributed by atoms with van der Waals surface area (Å²) in [4.78, 5) is 11.7. The van der Waals surface area contributed by atoms with E-state index in [0.717, 1.165) is 32.5 Å². The zero-order valence-electron chi connectivity index (χ0n) is 10.6. The van der Waals surface area contributed by atoms with E-state index in [0.29, 0.717) is 10.4 Å². The molecular weight excluding hydrogens is 280 g/mol. The molecule has 0 saturated carbocycles. The predicted octanol–water partition coefficient (Wildman–Crippen LogP) is 2.64. The van der Waals surface area contributed by atoms with Crippen LogP contribution in [0.15, 0.2) is 27.6 Å². The SMILES string of the molecule is CC(C)CNCCCCn1cccc(Br)c1=O. The van der Waals surface area contributed by atoms with Gasteiger partial charge < -0.3 is 9.88 Å². The molecule has 1 aromatic rings. The van der Waals surface area contributed by atoms with Crippen molar-refractivity contribution in [3.63, 3.8) is 0 Å². The topological polar surface area (TPSA) is 34.0 Å². The van der Waals surface area contributed by atoms with Gasteiger partial charge in [-0.05, 0) is 59.9 Å². The molecule has 0 bridgehead atoms. The van der Waals surface area contributed by atoms with Crippen molar-refractivity contribution in [2.24, 2.45) is 5.92 Å². The average Bonchev–Trinajstić information content (AvgIpc) is 2.28. The van der Waals surface area contributed by atoms with Gasteiger partial charge in [0, 0.05) is 12.7 Å². The highest BCUT2D eigenvalue weighted by Crippen LogP contribution is 2.01. The Kier molecular flexibility index (Phi) is 6.52. The number of hydrogen-bond acceptors (Lipinski definition) is 2. The Bertz CT molecular complexity index is 387. The van der Waals surface area contributed by atoms with Crippen LogP contribution in [-0.2, 0) is 6.54 Å². The lowest BCUT2D eigenvalue weighted by Gasteiger charge is -2.08. The molecule has 1 N–H and O–H groups in total. The third-order valence-corrected chi connectivity index (χ3v) is 3.13. The Morgan fingerprint density at radius 1 is 1.41 bits per heavy atom. The van der Waals surface area contributed by atoms with Crippen LogP contribution in [0.25, 0.3) is 0 Å². The molecule has 96 valence electrons. The van der Waals surface area contributed by atoms with Gasteiger partial charge in [-0.25, -0.2) is 0 Å². The lowest BCUT2D eigenvalue weighted by molar-refractivity contribution is 0.516. The zero-order chi connectivity index (χ0) is 12.7. The van der Waals surface area contributed by atoms with Crippen molar-refractivity contribution in [3.05, 3.63) is 33.2 Å². The van der Waals surface area contributed by atoms with Crippen LogP contribution in [0.1, 0.15) is 26.7 Å². The number of hydrogen-bond donors (Lipinski definition) is 1. The van der Waals surface area contributed by atoms with E-state index in [-0.39, 0.29) is 5.56 Å². The monoisotopic (exact) mass is 300 g/mol. The third kappa shape index (κ3) is 5.50. The quantitative estimate of drug-likeness (QED) is 0.786. The summed E-state index contributed by atoms with van der Waals surface area (Å²) in [5.74, 6) is 0.697. The minimum atomic E-state index is 0.0580. The maximum Gasteiger partial charge on any atom is 0.264 e. The summed E-state index contributed by atoms with van der Waals surface area (Å²) >= 11 is 3.25. The maximum atomic E-state index is 11.7. The lowest BCUT2D eigenvalue weighted by atomic mass is 10.2. The van der Waals surface area contributed by atoms with Gasteiger partial charge in [0.05, 0.1) is 4.47 Å². The second-order valence-corrected chi connectivity index (χ2v) is 5.51. The molecule has 17 heavy (non-hydrogen) atoms. The van der Waals surface area contributed by atoms with Gasteiger partial charge in [-0.2, -0.15) is 0 Å². The van der Waals surface area contributed by atoms with Crippen LogP contribution in [-0.4, -0.2) is 17.7 Å². The minimum absolute atomic E-state index is 0.0580. The first-order chi connectivity index (χ1) is 8.11. The van der Waals surface area contributed by atoms with E-state index in [4.69, 9.17) is 0 Å². The van der Waals surface area contributed by atoms with Crippen molar-refractivity contribution in [3.8, 4) is 0 Å². The summed E-state index contributed by atoms with van der Waals surface area (Å²) in [5, 5.41) is 3.40. The zero-order valence-corrected chi connectivity index (χ0v) is 12.2. The third-order valence-electron chi connectivity index (χ3n) is 2.53. The van der Waals surface area contributed by atoms with Gasteiger partial charge in [0.15, 0.2) is 0 Å². The Morgan fingerprint density at radius 2 is 2.18 bits per heavy atom. The molecule has 0 aliphatic carbocycles. The molecule has 0 amide bonds. The summed E-state index contributed by atoms with van der Waals surface area (Å²) in [6, 6.07) is 3.67. The molecule has 0 aliphatic rings. The van der Waals surface area contributed by atoms with Crippen molar-refractivity contribution in [1.29, 1.82) is 0 Å². The highest BCUT2D eigenvalue weighted by molar-refractivity contribution is 9.10. The summed E-state index contributed by atoms with van der Waals surface area (Å²) in [6.45, 7) is 7.29. The summed E-state index contributed by atoms with van der Waals surface area (Å²) in [7, 11) is 0. The predicted molar refractivity (Wildman–Crippen MR) is 75.3 cm³/mol. The summed E-state index contributed by atoms with van der Waals surface area (Å²) in [6.07, 6.45) is 3.97. The molecule has 0 radical (unpaired) electrons. The first-order valence-electron chi connectivity index (χ1n) is 6.17. The molecule has 0 saturated heterocycles. The second-order valence-electron chi connectivity index (χ2n) is 4.66. The van der Waals surface area contributed by atoms with Crippen LogP contribution in [0.5, 0.6) is 0 Å². The van der Waals surface area contributed by atoms with Gasteiger partial charge in [-0.1, -0.05) is 13.8 Å². The molecule has 0 aliphatic heterocycles. The molecule has 0 atom stereocenters. The lowest BCUT2D eigenvalue weighted by Crippen LogP contribution is -2.22. The van der Waals surface area contributed by atoms with Gasteiger partial charge in [0.2, 0.25) is 0 Å². The number of aryl methyl sites for hydroxylation is 1. The van der Waals surface area contributed by atoms with Crippen molar-refractivity contribution in [2.75, 3.05) is 13.1 Å². The van der Waals surface area contributed by atoms with Gasteiger partial charge in [-0.3, -0.25) is 4.79 Å². The molecule has 1 aromatic heterocycles. The molecule has 0 unspecified atom stereocenters. The largest absolute Gasteiger partial charge is 0.316 e. The number of unbranched alkanes of at least 4 members (excludes halogenated alkanes) is 1. The van der Waals surface area contributed by atoms with Crippen LogP contribution in [0.4, 0.5) is 0 Å². The van der Waals surface area contributed by atoms with E-state index in [1.165, 1.54) is 0 Å². The van der Waals surface area contributed by atoms with Crippen LogP contribution in [0.2, 0.25) is 0 Å². The molecule has 4 heteroatoms. The van der Waals surface area contributed by atoms with Crippen molar-refractivity contribution in [2.45, 2.75) is 33.2 Å². The minimum Gasteiger partial charge on any atom is -0.316 e. The van der Waals surface area contributed by atoms with E-state index in [1.807, 2.05) is 12.3 Å². The van der Waals surface area contributed by atoms with E-state index in [1.54, 1.807) is 10.6 Å². The summed E-state index contributed by atoms with van der Waals surface area (Å²) in [5.41, 5.74) is 0.0580. The molecule has 1 rings (SSSR count). The second kappa shape index (κ2) is 7.67. The van der Waals surface area contributed by atoms with Gasteiger partial charge in [0.1, 0.15) is 0 Å². The fraction of sp³-hybridized carbons (Fsp3) is 0.615. The van der Waals surface area contributed by atoms with Crippen LogP contribution >= 0.6 is 15.9 Å². The van der Waals surface area contributed by atoms with Gasteiger partial charge >= 0.3 is 0 Å². The van der Waals surface area contributed by atoms with E-state index in [2.05, 4.69) is 35.1 Å². The van der Waals surface area contributed by atoms with Crippen molar-refractivity contribution in [1.82, 2.24) is 9.88 Å². The van der Waals surface area contributed by atoms with E-state index >= 15 is 0 Å². The fourth-order valence-electron chi connectivity index (χ4n) is 1.61. The fourth-order valence-corrected chi connectivity index (χ4v) is 1.99. The summed E-state index contributed by atoms with van der Waals surface area (Å²) < 4.78 is 2.39. The number of aromatic nitrogens is 1. The first-order valence-corrected chi connectivity index (χ1v) is 6.96. The smallest absolute Gasteiger partial charge is 0.264 e. The maximum absolute atomic E-state index is 11.7. The number of nitrogens with one attached hydrogen (secondary N) is 1. The molecule has 0 spiro atoms. The Balaban J connectivity index is 2.23. The molecule has 1 heterocycles. The van der Waals surface area contributed by atoms with Gasteiger partial charge in [-0.15, -0.1) is 0 Å². The first kappa shape index (κ1) is 14.5.